The first-order valence-corrected chi connectivity index (χ1v) is 14.7. The number of rotatable bonds is 15. The summed E-state index contributed by atoms with van der Waals surface area (Å²) < 4.78 is 5.05. The number of ketones is 1. The molecule has 1 saturated carbocycles. The summed E-state index contributed by atoms with van der Waals surface area (Å²) >= 11 is 0. The highest BCUT2D eigenvalue weighted by atomic mass is 16.5. The summed E-state index contributed by atoms with van der Waals surface area (Å²) in [6, 6.07) is 9.17. The highest BCUT2D eigenvalue weighted by Gasteiger charge is 2.39. The van der Waals surface area contributed by atoms with Gasteiger partial charge in [0.1, 0.15) is 12.6 Å². The number of Topliss-reactive ketones (excluding diaryl/α,β-unsaturated/α-hetero) is 1. The number of nitrogens with zero attached hydrogens (tertiary/aromatic N) is 2. The van der Waals surface area contributed by atoms with Gasteiger partial charge in [-0.25, -0.2) is 0 Å². The number of carbonyl (C=O) groups excluding carboxylic acids is 3. The van der Waals surface area contributed by atoms with E-state index in [1.807, 2.05) is 6.79 Å². The van der Waals surface area contributed by atoms with Crippen LogP contribution in [0.3, 0.4) is 0 Å². The second kappa shape index (κ2) is 19.7. The number of piperidine rings is 1. The highest BCUT2D eigenvalue weighted by molar-refractivity contribution is 5.82. The van der Waals surface area contributed by atoms with Crippen molar-refractivity contribution in [3.8, 4) is 0 Å². The predicted octanol–water partition coefficient (Wildman–Crippen LogP) is 3.98. The molecule has 1 aliphatic carbocycles. The van der Waals surface area contributed by atoms with Gasteiger partial charge >= 0.3 is 0 Å². The van der Waals surface area contributed by atoms with Gasteiger partial charge in [0, 0.05) is 45.4 Å². The molecule has 4 N–H and O–H groups in total. The van der Waals surface area contributed by atoms with Crippen LogP contribution in [0.5, 0.6) is 0 Å². The van der Waals surface area contributed by atoms with E-state index in [0.717, 1.165) is 58.0 Å². The smallest absolute Gasteiger partial charge is 0.223 e. The second-order valence-electron chi connectivity index (χ2n) is 11.0. The molecular weight excluding hydrogens is 492 g/mol. The van der Waals surface area contributed by atoms with Crippen molar-refractivity contribution >= 4 is 24.2 Å². The average Bonchev–Trinajstić information content (AvgIpc) is 2.93. The van der Waals surface area contributed by atoms with E-state index in [-0.39, 0.29) is 11.7 Å². The van der Waals surface area contributed by atoms with Crippen LogP contribution in [0.1, 0.15) is 77.2 Å². The van der Waals surface area contributed by atoms with E-state index < -0.39 is 5.41 Å². The third-order valence-corrected chi connectivity index (χ3v) is 8.13. The van der Waals surface area contributed by atoms with E-state index >= 15 is 0 Å². The van der Waals surface area contributed by atoms with Crippen molar-refractivity contribution in [1.29, 1.82) is 0 Å². The highest BCUT2D eigenvalue weighted by Crippen LogP contribution is 2.36. The molecule has 3 rings (SSSR count). The number of unbranched alkanes of at least 4 members (excludes halogenated alkanes) is 1. The van der Waals surface area contributed by atoms with Gasteiger partial charge < -0.3 is 35.6 Å². The van der Waals surface area contributed by atoms with Crippen LogP contribution < -0.4 is 16.4 Å². The number of benzene rings is 1. The Morgan fingerprint density at radius 1 is 1.13 bits per heavy atom. The number of likely N-dealkylation sites (tertiary alicyclic amines) is 1. The molecule has 1 amide bonds. The van der Waals surface area contributed by atoms with Gasteiger partial charge in [0.2, 0.25) is 5.91 Å². The quantitative estimate of drug-likeness (QED) is 0.341. The molecule has 8 heteroatoms. The van der Waals surface area contributed by atoms with Crippen molar-refractivity contribution in [3.63, 3.8) is 0 Å². The molecule has 0 atom stereocenters. The Bertz CT molecular complexity index is 805. The van der Waals surface area contributed by atoms with E-state index in [1.165, 1.54) is 49.8 Å². The number of ether oxygens (including phenoxy) is 1. The summed E-state index contributed by atoms with van der Waals surface area (Å²) in [6.45, 7) is 11.9. The molecule has 39 heavy (non-hydrogen) atoms. The van der Waals surface area contributed by atoms with Crippen LogP contribution in [-0.2, 0) is 25.5 Å². The van der Waals surface area contributed by atoms with Crippen molar-refractivity contribution in [2.24, 2.45) is 22.8 Å². The molecule has 2 fully saturated rings. The number of carbonyl (C=O) groups is 3. The first-order chi connectivity index (χ1) is 18.8. The first-order valence-electron chi connectivity index (χ1n) is 14.7. The lowest BCUT2D eigenvalue weighted by Gasteiger charge is -2.39. The average molecular weight is 547 g/mol. The second-order valence-corrected chi connectivity index (χ2v) is 11.0. The fourth-order valence-electron chi connectivity index (χ4n) is 5.21. The van der Waals surface area contributed by atoms with Crippen LogP contribution >= 0.6 is 0 Å². The summed E-state index contributed by atoms with van der Waals surface area (Å²) in [5.41, 5.74) is 13.6. The lowest BCUT2D eigenvalue weighted by Crippen LogP contribution is -2.48. The zero-order valence-corrected chi connectivity index (χ0v) is 24.8. The fourth-order valence-corrected chi connectivity index (χ4v) is 5.21. The van der Waals surface area contributed by atoms with E-state index in [9.17, 15) is 9.59 Å². The van der Waals surface area contributed by atoms with E-state index in [4.69, 9.17) is 21.0 Å². The molecule has 1 saturated heterocycles. The number of primary amides is 1. The van der Waals surface area contributed by atoms with Gasteiger partial charge in [0.15, 0.2) is 0 Å². The third kappa shape index (κ3) is 12.6. The maximum atomic E-state index is 11.7. The molecular formula is C31H54N4O4. The normalized spacial score (nSPS) is 16.6. The minimum Gasteiger partial charge on any atom is -0.383 e. The SMILES string of the molecule is C=O.CCCCN(CCN)c1ccc(CC2CCC2)cc1.COCCN1CCC(CCC(C)=O)(C(N)=O)CC1. The Labute approximate surface area is 236 Å². The maximum Gasteiger partial charge on any atom is 0.223 e. The van der Waals surface area contributed by atoms with Gasteiger partial charge in [-0.2, -0.15) is 0 Å². The van der Waals surface area contributed by atoms with Crippen molar-refractivity contribution in [1.82, 2.24) is 4.90 Å². The zero-order valence-electron chi connectivity index (χ0n) is 24.8. The molecule has 0 spiro atoms. The first kappa shape index (κ1) is 34.7. The summed E-state index contributed by atoms with van der Waals surface area (Å²) in [5.74, 6) is 0.818. The molecule has 1 aromatic carbocycles. The maximum absolute atomic E-state index is 11.7. The van der Waals surface area contributed by atoms with Gasteiger partial charge in [0.05, 0.1) is 12.0 Å². The van der Waals surface area contributed by atoms with Crippen LogP contribution in [0.2, 0.25) is 0 Å². The lowest BCUT2D eigenvalue weighted by molar-refractivity contribution is -0.131. The number of amides is 1. The molecule has 222 valence electrons. The van der Waals surface area contributed by atoms with Gasteiger partial charge in [-0.1, -0.05) is 44.7 Å². The van der Waals surface area contributed by atoms with Crippen LogP contribution in [0.15, 0.2) is 24.3 Å². The lowest BCUT2D eigenvalue weighted by atomic mass is 9.74. The molecule has 0 bridgehead atoms. The Morgan fingerprint density at radius 2 is 1.77 bits per heavy atom. The number of hydrogen-bond donors (Lipinski definition) is 2. The van der Waals surface area contributed by atoms with Crippen molar-refractivity contribution in [3.05, 3.63) is 29.8 Å². The molecule has 1 heterocycles. The van der Waals surface area contributed by atoms with Crippen molar-refractivity contribution in [2.75, 3.05) is 57.9 Å². The Hall–Kier alpha value is -2.29. The Balaban J connectivity index is 0.000000367. The number of methoxy groups -OCH3 is 1. The number of hydrogen-bond acceptors (Lipinski definition) is 7. The van der Waals surface area contributed by atoms with Gasteiger partial charge in [-0.15, -0.1) is 0 Å². The predicted molar refractivity (Wildman–Crippen MR) is 160 cm³/mol. The topological polar surface area (TPSA) is 119 Å². The molecule has 1 aromatic rings. The molecule has 0 unspecified atom stereocenters. The Kier molecular flexibility index (Phi) is 17.6. The summed E-state index contributed by atoms with van der Waals surface area (Å²) in [7, 11) is 1.69. The minimum atomic E-state index is -0.477. The largest absolute Gasteiger partial charge is 0.383 e. The fraction of sp³-hybridized carbons (Fsp3) is 0.710. The van der Waals surface area contributed by atoms with E-state index in [2.05, 4.69) is 41.0 Å². The van der Waals surface area contributed by atoms with Crippen molar-refractivity contribution in [2.45, 2.75) is 78.1 Å². The van der Waals surface area contributed by atoms with Gasteiger partial charge in [-0.3, -0.25) is 4.79 Å². The van der Waals surface area contributed by atoms with E-state index in [0.29, 0.717) is 19.4 Å². The van der Waals surface area contributed by atoms with Gasteiger partial charge in [0.25, 0.3) is 0 Å². The summed E-state index contributed by atoms with van der Waals surface area (Å²) in [5, 5.41) is 0. The number of nitrogens with two attached hydrogens (primary N) is 2. The van der Waals surface area contributed by atoms with Crippen LogP contribution in [0.4, 0.5) is 5.69 Å². The third-order valence-electron chi connectivity index (χ3n) is 8.13. The van der Waals surface area contributed by atoms with Crippen LogP contribution in [0.25, 0.3) is 0 Å². The molecule has 8 nitrogen and oxygen atoms in total. The van der Waals surface area contributed by atoms with E-state index in [1.54, 1.807) is 14.0 Å². The summed E-state index contributed by atoms with van der Waals surface area (Å²) in [4.78, 5) is 35.4. The molecule has 0 radical (unpaired) electrons. The monoisotopic (exact) mass is 546 g/mol. The molecule has 2 aliphatic rings. The standard InChI is InChI=1S/C17H28N2.C13H24N2O3.CH2O/c1-2-3-12-19(13-11-18)17-9-7-16(8-10-17)14-15-5-4-6-15;1-11(16)3-4-13(12(14)17)5-7-15(8-6-13)9-10-18-2;1-2/h7-10,15H,2-6,11-14,18H2,1H3;3-10H2,1-2H3,(H2,14,17);1H2. The van der Waals surface area contributed by atoms with Crippen LogP contribution in [0, 0.1) is 11.3 Å². The van der Waals surface area contributed by atoms with Crippen molar-refractivity contribution < 1.29 is 19.1 Å². The van der Waals surface area contributed by atoms with Crippen LogP contribution in [-0.4, -0.2) is 76.4 Å². The zero-order chi connectivity index (χ0) is 29.1. The molecule has 1 aliphatic heterocycles. The molecule has 0 aromatic heterocycles. The van der Waals surface area contributed by atoms with Gasteiger partial charge in [-0.05, 0) is 75.7 Å². The minimum absolute atomic E-state index is 0.123. The summed E-state index contributed by atoms with van der Waals surface area (Å²) in [6.07, 6.45) is 10.6. The number of anilines is 1. The Morgan fingerprint density at radius 3 is 2.23 bits per heavy atom.